The molecule has 0 unspecified atom stereocenters. The van der Waals surface area contributed by atoms with Crippen LogP contribution >= 0.6 is 0 Å². The topological polar surface area (TPSA) is 137 Å². The number of aliphatic carboxylic acids is 1. The second-order valence-electron chi connectivity index (χ2n) is 8.99. The van der Waals surface area contributed by atoms with Crippen LogP contribution in [0.15, 0.2) is 24.0 Å². The van der Waals surface area contributed by atoms with Gasteiger partial charge in [0.2, 0.25) is 0 Å². The highest BCUT2D eigenvalue weighted by molar-refractivity contribution is 5.81. The average molecular weight is 431 g/mol. The van der Waals surface area contributed by atoms with Crippen LogP contribution in [-0.4, -0.2) is 74.7 Å². The Bertz CT molecular complexity index is 1010. The van der Waals surface area contributed by atoms with Crippen LogP contribution in [0.2, 0.25) is 0 Å². The van der Waals surface area contributed by atoms with E-state index in [1.54, 1.807) is 12.1 Å². The zero-order valence-electron chi connectivity index (χ0n) is 17.1. The number of rotatable bonds is 4. The molecular weight excluding hydrogens is 406 g/mol. The van der Waals surface area contributed by atoms with Crippen molar-refractivity contribution in [1.82, 2.24) is 4.90 Å². The van der Waals surface area contributed by atoms with Crippen molar-refractivity contribution in [2.24, 2.45) is 0 Å². The van der Waals surface area contributed by atoms with Gasteiger partial charge < -0.3 is 34.8 Å². The molecule has 4 aliphatic rings. The Labute approximate surface area is 178 Å². The highest BCUT2D eigenvalue weighted by Crippen LogP contribution is 2.64. The normalized spacial score (nSPS) is 34.1. The quantitative estimate of drug-likeness (QED) is 0.501. The summed E-state index contributed by atoms with van der Waals surface area (Å²) >= 11 is 0. The van der Waals surface area contributed by atoms with Gasteiger partial charge in [0.15, 0.2) is 23.7 Å². The standard InChI is InChI=1S/C22H25NO8/c1-23-8-2-6-21-17-11-3-4-12(24)18(17)31-19(21)14(5-7-22(21,29)15(23)9-11)30-20(28)13(25)10-16(26)27/h3-5,13,15,19,24-25,29H,2,6-10H2,1H3,(H,26,27)/t13-,15+,19-,21-,22+/m0/s1. The number of ether oxygens (including phenoxy) is 2. The first-order chi connectivity index (χ1) is 14.7. The molecule has 1 saturated heterocycles. The number of esters is 1. The smallest absolute Gasteiger partial charge is 0.340 e. The highest BCUT2D eigenvalue weighted by atomic mass is 16.6. The lowest BCUT2D eigenvalue weighted by molar-refractivity contribution is -0.160. The van der Waals surface area contributed by atoms with E-state index in [1.807, 2.05) is 13.1 Å². The van der Waals surface area contributed by atoms with Gasteiger partial charge in [0.05, 0.1) is 17.4 Å². The summed E-state index contributed by atoms with van der Waals surface area (Å²) < 4.78 is 11.6. The van der Waals surface area contributed by atoms with Gasteiger partial charge in [-0.1, -0.05) is 6.07 Å². The van der Waals surface area contributed by atoms with E-state index in [4.69, 9.17) is 14.6 Å². The predicted octanol–water partition coefficient (Wildman–Crippen LogP) is 0.439. The number of likely N-dealkylation sites (tertiary alicyclic amines) is 1. The van der Waals surface area contributed by atoms with E-state index < -0.39 is 41.6 Å². The van der Waals surface area contributed by atoms with Crippen LogP contribution in [0.25, 0.3) is 0 Å². The number of phenols is 1. The Hall–Kier alpha value is -2.62. The molecule has 0 saturated carbocycles. The zero-order valence-corrected chi connectivity index (χ0v) is 17.1. The molecule has 5 rings (SSSR count). The zero-order chi connectivity index (χ0) is 22.1. The van der Waals surface area contributed by atoms with Gasteiger partial charge in [0.1, 0.15) is 5.76 Å². The first-order valence-corrected chi connectivity index (χ1v) is 10.5. The molecule has 166 valence electrons. The third-order valence-electron chi connectivity index (χ3n) is 7.43. The molecule has 1 spiro atoms. The van der Waals surface area contributed by atoms with Crippen LogP contribution in [0.3, 0.4) is 0 Å². The van der Waals surface area contributed by atoms with Gasteiger partial charge in [0, 0.05) is 18.0 Å². The summed E-state index contributed by atoms with van der Waals surface area (Å²) in [5.41, 5.74) is -0.381. The van der Waals surface area contributed by atoms with E-state index in [2.05, 4.69) is 4.90 Å². The molecule has 9 heteroatoms. The van der Waals surface area contributed by atoms with Crippen molar-refractivity contribution in [1.29, 1.82) is 0 Å². The molecule has 4 N–H and O–H groups in total. The van der Waals surface area contributed by atoms with Crippen LogP contribution in [0.5, 0.6) is 11.5 Å². The summed E-state index contributed by atoms with van der Waals surface area (Å²) in [6.45, 7) is 0.781. The summed E-state index contributed by atoms with van der Waals surface area (Å²) in [6.07, 6.45) is 0.269. The highest BCUT2D eigenvalue weighted by Gasteiger charge is 2.71. The summed E-state index contributed by atoms with van der Waals surface area (Å²) in [4.78, 5) is 25.4. The lowest BCUT2D eigenvalue weighted by atomic mass is 9.52. The SMILES string of the molecule is CN1CCC[C@]23c4c5ccc(O)c4O[C@H]2C(OC(=O)[C@@H](O)CC(=O)O)=CC[C@@]3(O)[C@H]1C5. The second kappa shape index (κ2) is 6.69. The number of benzene rings is 1. The molecule has 0 aromatic heterocycles. The monoisotopic (exact) mass is 431 g/mol. The predicted molar refractivity (Wildman–Crippen MR) is 106 cm³/mol. The van der Waals surface area contributed by atoms with E-state index in [1.165, 1.54) is 0 Å². The third kappa shape index (κ3) is 2.60. The van der Waals surface area contributed by atoms with Crippen LogP contribution < -0.4 is 4.74 Å². The second-order valence-corrected chi connectivity index (χ2v) is 8.99. The molecule has 5 atom stereocenters. The van der Waals surface area contributed by atoms with E-state index in [0.29, 0.717) is 18.6 Å². The van der Waals surface area contributed by atoms with Crippen molar-refractivity contribution in [3.05, 3.63) is 35.1 Å². The number of aliphatic hydroxyl groups is 2. The molecule has 2 aliphatic carbocycles. The summed E-state index contributed by atoms with van der Waals surface area (Å²) in [5, 5.41) is 41.4. The number of nitrogens with zero attached hydrogens (tertiary/aromatic N) is 1. The lowest BCUT2D eigenvalue weighted by Crippen LogP contribution is -2.69. The fraction of sp³-hybridized carbons (Fsp3) is 0.545. The molecule has 0 radical (unpaired) electrons. The van der Waals surface area contributed by atoms with Gasteiger partial charge >= 0.3 is 11.9 Å². The van der Waals surface area contributed by atoms with Crippen LogP contribution in [0, 0.1) is 0 Å². The first kappa shape index (κ1) is 20.3. The third-order valence-corrected chi connectivity index (χ3v) is 7.43. The Kier molecular flexibility index (Phi) is 4.38. The number of carbonyl (C=O) groups excluding carboxylic acids is 1. The van der Waals surface area contributed by atoms with Crippen molar-refractivity contribution < 1.29 is 39.5 Å². The maximum absolute atomic E-state index is 12.4. The minimum Gasteiger partial charge on any atom is -0.504 e. The molecule has 1 fully saturated rings. The number of aliphatic hydroxyl groups excluding tert-OH is 1. The van der Waals surface area contributed by atoms with Crippen molar-refractivity contribution in [2.75, 3.05) is 13.6 Å². The van der Waals surface area contributed by atoms with Crippen molar-refractivity contribution in [2.45, 2.75) is 61.4 Å². The number of phenolic OH excluding ortho intramolecular Hbond substituents is 1. The number of likely N-dealkylation sites (N-methyl/N-ethyl adjacent to an activating group) is 1. The largest absolute Gasteiger partial charge is 0.504 e. The van der Waals surface area contributed by atoms with E-state index >= 15 is 0 Å². The van der Waals surface area contributed by atoms with Gasteiger partial charge in [-0.3, -0.25) is 4.79 Å². The van der Waals surface area contributed by atoms with Crippen molar-refractivity contribution in [3.8, 4) is 11.5 Å². The minimum atomic E-state index is -1.82. The molecule has 2 aliphatic heterocycles. The molecule has 1 aromatic rings. The van der Waals surface area contributed by atoms with Gasteiger partial charge in [-0.05, 0) is 50.6 Å². The Morgan fingerprint density at radius 3 is 2.90 bits per heavy atom. The molecular formula is C22H25NO8. The fourth-order valence-corrected chi connectivity index (χ4v) is 6.12. The number of hydrogen-bond acceptors (Lipinski definition) is 8. The van der Waals surface area contributed by atoms with Crippen LogP contribution in [-0.2, 0) is 26.2 Å². The number of aromatic hydroxyl groups is 1. The number of carboxylic acid groups (broad SMARTS) is 1. The Morgan fingerprint density at radius 2 is 2.16 bits per heavy atom. The van der Waals surface area contributed by atoms with Gasteiger partial charge in [-0.2, -0.15) is 0 Å². The molecule has 2 bridgehead atoms. The van der Waals surface area contributed by atoms with E-state index in [9.17, 15) is 24.9 Å². The fourth-order valence-electron chi connectivity index (χ4n) is 6.12. The summed E-state index contributed by atoms with van der Waals surface area (Å²) in [5.74, 6) is -2.03. The number of carbonyl (C=O) groups is 2. The molecule has 2 heterocycles. The number of hydrogen-bond donors (Lipinski definition) is 4. The average Bonchev–Trinajstić information content (AvgIpc) is 3.04. The van der Waals surface area contributed by atoms with Gasteiger partial charge in [-0.25, -0.2) is 4.79 Å². The molecule has 1 aromatic carbocycles. The van der Waals surface area contributed by atoms with Gasteiger partial charge in [0.25, 0.3) is 0 Å². The Morgan fingerprint density at radius 1 is 1.39 bits per heavy atom. The van der Waals surface area contributed by atoms with Crippen molar-refractivity contribution >= 4 is 11.9 Å². The first-order valence-electron chi connectivity index (χ1n) is 10.5. The lowest BCUT2D eigenvalue weighted by Gasteiger charge is -2.56. The number of carboxylic acids is 1. The molecule has 9 nitrogen and oxygen atoms in total. The summed E-state index contributed by atoms with van der Waals surface area (Å²) in [6, 6.07) is 3.24. The maximum atomic E-state index is 12.4. The maximum Gasteiger partial charge on any atom is 0.340 e. The van der Waals surface area contributed by atoms with Crippen molar-refractivity contribution in [3.63, 3.8) is 0 Å². The van der Waals surface area contributed by atoms with E-state index in [0.717, 1.165) is 24.1 Å². The van der Waals surface area contributed by atoms with Crippen LogP contribution in [0.1, 0.15) is 36.8 Å². The minimum absolute atomic E-state index is 0.0440. The molecule has 31 heavy (non-hydrogen) atoms. The van der Waals surface area contributed by atoms with Gasteiger partial charge in [-0.15, -0.1) is 0 Å². The Balaban J connectivity index is 1.62. The summed E-state index contributed by atoms with van der Waals surface area (Å²) in [7, 11) is 1.99. The molecule has 0 amide bonds. The van der Waals surface area contributed by atoms with E-state index in [-0.39, 0.29) is 24.0 Å². The van der Waals surface area contributed by atoms with Crippen LogP contribution in [0.4, 0.5) is 0 Å².